The SMILES string of the molecule is COc1cc(C=O)cc(OC)c1OCCCl. The first kappa shape index (κ1) is 12.6. The number of hydrogen-bond acceptors (Lipinski definition) is 4. The molecule has 0 unspecified atom stereocenters. The lowest BCUT2D eigenvalue weighted by Crippen LogP contribution is -2.03. The zero-order valence-electron chi connectivity index (χ0n) is 9.16. The van der Waals surface area contributed by atoms with Gasteiger partial charge in [0.15, 0.2) is 11.5 Å². The van der Waals surface area contributed by atoms with Crippen LogP contribution in [0.5, 0.6) is 17.2 Å². The molecule has 0 aliphatic rings. The van der Waals surface area contributed by atoms with Gasteiger partial charge in [0.05, 0.1) is 20.1 Å². The molecule has 0 spiro atoms. The molecule has 0 aliphatic carbocycles. The monoisotopic (exact) mass is 244 g/mol. The topological polar surface area (TPSA) is 44.8 Å². The summed E-state index contributed by atoms with van der Waals surface area (Å²) in [5.74, 6) is 1.72. The fraction of sp³-hybridized carbons (Fsp3) is 0.364. The van der Waals surface area contributed by atoms with Gasteiger partial charge in [-0.05, 0) is 12.1 Å². The Morgan fingerprint density at radius 2 is 1.81 bits per heavy atom. The van der Waals surface area contributed by atoms with Crippen LogP contribution in [0.4, 0.5) is 0 Å². The molecular formula is C11H13ClO4. The summed E-state index contributed by atoms with van der Waals surface area (Å²) in [4.78, 5) is 10.7. The number of carbonyl (C=O) groups is 1. The van der Waals surface area contributed by atoms with Crippen LogP contribution in [-0.4, -0.2) is 33.0 Å². The van der Waals surface area contributed by atoms with Crippen molar-refractivity contribution >= 4 is 17.9 Å². The fourth-order valence-electron chi connectivity index (χ4n) is 1.25. The zero-order chi connectivity index (χ0) is 12.0. The molecule has 1 rings (SSSR count). The van der Waals surface area contributed by atoms with E-state index in [9.17, 15) is 4.79 Å². The molecule has 88 valence electrons. The first-order valence-corrected chi connectivity index (χ1v) is 5.20. The van der Waals surface area contributed by atoms with Crippen LogP contribution in [0.15, 0.2) is 12.1 Å². The number of halogens is 1. The van der Waals surface area contributed by atoms with Gasteiger partial charge in [0.2, 0.25) is 5.75 Å². The van der Waals surface area contributed by atoms with Crippen LogP contribution < -0.4 is 14.2 Å². The van der Waals surface area contributed by atoms with Crippen LogP contribution >= 0.6 is 11.6 Å². The first-order chi connectivity index (χ1) is 7.76. The maximum atomic E-state index is 10.7. The second-order valence-corrected chi connectivity index (χ2v) is 3.29. The Morgan fingerprint density at radius 1 is 1.25 bits per heavy atom. The average molecular weight is 245 g/mol. The van der Waals surface area contributed by atoms with Crippen LogP contribution in [-0.2, 0) is 0 Å². The van der Waals surface area contributed by atoms with Crippen LogP contribution in [0.25, 0.3) is 0 Å². The van der Waals surface area contributed by atoms with E-state index in [0.29, 0.717) is 35.3 Å². The predicted molar refractivity (Wildman–Crippen MR) is 61.1 cm³/mol. The number of rotatable bonds is 6. The molecule has 0 aromatic heterocycles. The third-order valence-electron chi connectivity index (χ3n) is 1.94. The van der Waals surface area contributed by atoms with Gasteiger partial charge in [-0.2, -0.15) is 0 Å². The van der Waals surface area contributed by atoms with Gasteiger partial charge in [-0.1, -0.05) is 0 Å². The molecule has 0 atom stereocenters. The molecular weight excluding hydrogens is 232 g/mol. The van der Waals surface area contributed by atoms with E-state index in [1.54, 1.807) is 12.1 Å². The minimum Gasteiger partial charge on any atom is -0.493 e. The van der Waals surface area contributed by atoms with Crippen molar-refractivity contribution in [1.29, 1.82) is 0 Å². The predicted octanol–water partition coefficient (Wildman–Crippen LogP) is 2.13. The molecule has 0 fully saturated rings. The fourth-order valence-corrected chi connectivity index (χ4v) is 1.33. The highest BCUT2D eigenvalue weighted by atomic mass is 35.5. The second-order valence-electron chi connectivity index (χ2n) is 2.91. The number of ether oxygens (including phenoxy) is 3. The van der Waals surface area contributed by atoms with E-state index >= 15 is 0 Å². The van der Waals surface area contributed by atoms with Gasteiger partial charge >= 0.3 is 0 Å². The standard InChI is InChI=1S/C11H13ClO4/c1-14-9-5-8(7-13)6-10(15-2)11(9)16-4-3-12/h5-7H,3-4H2,1-2H3. The summed E-state index contributed by atoms with van der Waals surface area (Å²) in [6.45, 7) is 0.342. The summed E-state index contributed by atoms with van der Waals surface area (Å²) in [7, 11) is 2.99. The maximum Gasteiger partial charge on any atom is 0.203 e. The van der Waals surface area contributed by atoms with Crippen molar-refractivity contribution in [2.24, 2.45) is 0 Å². The van der Waals surface area contributed by atoms with E-state index < -0.39 is 0 Å². The van der Waals surface area contributed by atoms with Crippen molar-refractivity contribution in [3.63, 3.8) is 0 Å². The van der Waals surface area contributed by atoms with Crippen molar-refractivity contribution in [3.05, 3.63) is 17.7 Å². The highest BCUT2D eigenvalue weighted by Gasteiger charge is 2.13. The Labute approximate surface area is 99.1 Å². The van der Waals surface area contributed by atoms with E-state index in [4.69, 9.17) is 25.8 Å². The number of benzene rings is 1. The van der Waals surface area contributed by atoms with Crippen LogP contribution in [0.1, 0.15) is 10.4 Å². The van der Waals surface area contributed by atoms with E-state index in [1.807, 2.05) is 0 Å². The smallest absolute Gasteiger partial charge is 0.203 e. The highest BCUT2D eigenvalue weighted by molar-refractivity contribution is 6.18. The Hall–Kier alpha value is -1.42. The Morgan fingerprint density at radius 3 is 2.19 bits per heavy atom. The molecule has 5 heteroatoms. The first-order valence-electron chi connectivity index (χ1n) is 4.66. The quantitative estimate of drug-likeness (QED) is 0.568. The Kier molecular flexibility index (Phi) is 4.92. The van der Waals surface area contributed by atoms with Crippen LogP contribution in [0.2, 0.25) is 0 Å². The number of hydrogen-bond donors (Lipinski definition) is 0. The molecule has 0 saturated heterocycles. The molecule has 0 saturated carbocycles. The Bertz CT molecular complexity index is 340. The molecule has 0 N–H and O–H groups in total. The molecule has 16 heavy (non-hydrogen) atoms. The average Bonchev–Trinajstić information content (AvgIpc) is 2.35. The van der Waals surface area contributed by atoms with E-state index in [0.717, 1.165) is 6.29 Å². The van der Waals surface area contributed by atoms with Crippen LogP contribution in [0, 0.1) is 0 Å². The largest absolute Gasteiger partial charge is 0.493 e. The maximum absolute atomic E-state index is 10.7. The van der Waals surface area contributed by atoms with Crippen molar-refractivity contribution in [2.75, 3.05) is 26.7 Å². The normalized spacial score (nSPS) is 9.69. The molecule has 0 radical (unpaired) electrons. The lowest BCUT2D eigenvalue weighted by atomic mass is 10.2. The van der Waals surface area contributed by atoms with Gasteiger partial charge in [-0.25, -0.2) is 0 Å². The summed E-state index contributed by atoms with van der Waals surface area (Å²) >= 11 is 5.54. The summed E-state index contributed by atoms with van der Waals surface area (Å²) < 4.78 is 15.6. The van der Waals surface area contributed by atoms with E-state index in [-0.39, 0.29) is 0 Å². The minimum atomic E-state index is 0.342. The molecule has 0 amide bonds. The molecule has 4 nitrogen and oxygen atoms in total. The lowest BCUT2D eigenvalue weighted by Gasteiger charge is -2.14. The third kappa shape index (κ3) is 2.79. The van der Waals surface area contributed by atoms with Gasteiger partial charge in [-0.3, -0.25) is 4.79 Å². The second kappa shape index (κ2) is 6.23. The molecule has 0 bridgehead atoms. The van der Waals surface area contributed by atoms with Gasteiger partial charge in [0.1, 0.15) is 12.9 Å². The van der Waals surface area contributed by atoms with Gasteiger partial charge < -0.3 is 14.2 Å². The summed E-state index contributed by atoms with van der Waals surface area (Å²) in [6.07, 6.45) is 0.719. The van der Waals surface area contributed by atoms with E-state index in [1.165, 1.54) is 14.2 Å². The van der Waals surface area contributed by atoms with Crippen molar-refractivity contribution in [2.45, 2.75) is 0 Å². The van der Waals surface area contributed by atoms with Crippen molar-refractivity contribution in [1.82, 2.24) is 0 Å². The molecule has 1 aromatic carbocycles. The minimum absolute atomic E-state index is 0.342. The van der Waals surface area contributed by atoms with Gasteiger partial charge in [0.25, 0.3) is 0 Å². The summed E-state index contributed by atoms with van der Waals surface area (Å²) in [5.41, 5.74) is 0.465. The zero-order valence-corrected chi connectivity index (χ0v) is 9.91. The van der Waals surface area contributed by atoms with Crippen LogP contribution in [0.3, 0.4) is 0 Å². The third-order valence-corrected chi connectivity index (χ3v) is 2.10. The Balaban J connectivity index is 3.14. The lowest BCUT2D eigenvalue weighted by molar-refractivity contribution is 0.112. The molecule has 1 aromatic rings. The highest BCUT2D eigenvalue weighted by Crippen LogP contribution is 2.38. The number of aldehydes is 1. The summed E-state index contributed by atoms with van der Waals surface area (Å²) in [5, 5.41) is 0. The summed E-state index contributed by atoms with van der Waals surface area (Å²) in [6, 6.07) is 3.16. The molecule has 0 aliphatic heterocycles. The molecule has 0 heterocycles. The van der Waals surface area contributed by atoms with Gasteiger partial charge in [-0.15, -0.1) is 11.6 Å². The van der Waals surface area contributed by atoms with Crippen molar-refractivity contribution < 1.29 is 19.0 Å². The number of methoxy groups -OCH3 is 2. The van der Waals surface area contributed by atoms with Gasteiger partial charge in [0, 0.05) is 5.56 Å². The van der Waals surface area contributed by atoms with Crippen molar-refractivity contribution in [3.8, 4) is 17.2 Å². The number of carbonyl (C=O) groups excluding carboxylic acids is 1. The van der Waals surface area contributed by atoms with E-state index in [2.05, 4.69) is 0 Å². The number of alkyl halides is 1.